The van der Waals surface area contributed by atoms with E-state index in [1.807, 2.05) is 6.07 Å². The van der Waals surface area contributed by atoms with E-state index in [9.17, 15) is 15.0 Å². The Morgan fingerprint density at radius 2 is 2.12 bits per heavy atom. The van der Waals surface area contributed by atoms with E-state index in [1.165, 1.54) is 12.8 Å². The SMILES string of the molecule is C[N+]1(CC2CC2)CC[C@@]23c4c5ccc(O)c4O[C@@H]2C(=O)CC[C@]3(O)C1C5. The Morgan fingerprint density at radius 3 is 2.88 bits per heavy atom. The van der Waals surface area contributed by atoms with Gasteiger partial charge < -0.3 is 19.4 Å². The fourth-order valence-electron chi connectivity index (χ4n) is 6.94. The lowest BCUT2D eigenvalue weighted by Gasteiger charge is -2.64. The number of aliphatic hydroxyl groups is 1. The molecule has 1 spiro atoms. The summed E-state index contributed by atoms with van der Waals surface area (Å²) in [7, 11) is 2.31. The molecule has 5 atom stereocenters. The van der Waals surface area contributed by atoms with Crippen molar-refractivity contribution in [3.05, 3.63) is 23.3 Å². The van der Waals surface area contributed by atoms with E-state index in [0.29, 0.717) is 18.6 Å². The second kappa shape index (κ2) is 4.45. The number of benzene rings is 1. The molecule has 5 nitrogen and oxygen atoms in total. The zero-order valence-corrected chi connectivity index (χ0v) is 15.2. The number of quaternary nitrogens is 1. The van der Waals surface area contributed by atoms with Gasteiger partial charge in [0, 0.05) is 30.7 Å². The average Bonchev–Trinajstić information content (AvgIpc) is 3.32. The van der Waals surface area contributed by atoms with Gasteiger partial charge in [-0.15, -0.1) is 0 Å². The number of likely N-dealkylation sites (tertiary alicyclic amines) is 1. The number of hydrogen-bond donors (Lipinski definition) is 2. The summed E-state index contributed by atoms with van der Waals surface area (Å²) >= 11 is 0. The predicted molar refractivity (Wildman–Crippen MR) is 94.1 cm³/mol. The van der Waals surface area contributed by atoms with Gasteiger partial charge in [-0.2, -0.15) is 0 Å². The van der Waals surface area contributed by atoms with Gasteiger partial charge in [0.15, 0.2) is 23.4 Å². The maximum Gasteiger partial charge on any atom is 0.174 e. The smallest absolute Gasteiger partial charge is 0.174 e. The van der Waals surface area contributed by atoms with Crippen molar-refractivity contribution < 1.29 is 24.2 Å². The van der Waals surface area contributed by atoms with E-state index < -0.39 is 17.1 Å². The largest absolute Gasteiger partial charge is 0.504 e. The molecule has 1 saturated heterocycles. The lowest BCUT2D eigenvalue weighted by atomic mass is 9.48. The van der Waals surface area contributed by atoms with Crippen molar-refractivity contribution in [1.29, 1.82) is 0 Å². The fourth-order valence-corrected chi connectivity index (χ4v) is 6.94. The molecule has 138 valence electrons. The molecule has 2 N–H and O–H groups in total. The van der Waals surface area contributed by atoms with E-state index in [4.69, 9.17) is 4.74 Å². The summed E-state index contributed by atoms with van der Waals surface area (Å²) in [5.41, 5.74) is 0.492. The number of nitrogens with zero attached hydrogens (tertiary/aromatic N) is 1. The molecule has 0 amide bonds. The maximum atomic E-state index is 12.8. The molecule has 0 aromatic heterocycles. The molecule has 0 radical (unpaired) electrons. The predicted octanol–water partition coefficient (Wildman–Crippen LogP) is 1.67. The number of ether oxygens (including phenoxy) is 1. The fraction of sp³-hybridized carbons (Fsp3) is 0.667. The summed E-state index contributed by atoms with van der Waals surface area (Å²) in [6, 6.07) is 3.77. The highest BCUT2D eigenvalue weighted by atomic mass is 16.5. The number of carbonyl (C=O) groups is 1. The van der Waals surface area contributed by atoms with Crippen LogP contribution in [0.4, 0.5) is 0 Å². The second-order valence-corrected chi connectivity index (χ2v) is 9.61. The molecule has 2 unspecified atom stereocenters. The molecule has 5 heteroatoms. The lowest BCUT2D eigenvalue weighted by molar-refractivity contribution is -0.950. The third-order valence-electron chi connectivity index (χ3n) is 8.28. The van der Waals surface area contributed by atoms with Gasteiger partial charge in [-0.1, -0.05) is 6.07 Å². The number of piperidine rings is 1. The molecule has 2 heterocycles. The van der Waals surface area contributed by atoms with Crippen LogP contribution in [0.15, 0.2) is 12.1 Å². The first-order valence-electron chi connectivity index (χ1n) is 10.0. The average molecular weight is 356 g/mol. The molecule has 5 aliphatic rings. The van der Waals surface area contributed by atoms with E-state index in [-0.39, 0.29) is 17.6 Å². The molecule has 3 aliphatic carbocycles. The summed E-state index contributed by atoms with van der Waals surface area (Å²) in [6.45, 7) is 2.09. The summed E-state index contributed by atoms with van der Waals surface area (Å²) in [5, 5.41) is 22.5. The van der Waals surface area contributed by atoms with Crippen molar-refractivity contribution >= 4 is 5.78 Å². The van der Waals surface area contributed by atoms with E-state index >= 15 is 0 Å². The number of phenols is 1. The van der Waals surface area contributed by atoms with E-state index in [1.54, 1.807) is 6.07 Å². The minimum atomic E-state index is -0.931. The Bertz CT molecular complexity index is 849. The molecule has 6 rings (SSSR count). The Balaban J connectivity index is 1.60. The van der Waals surface area contributed by atoms with Crippen LogP contribution in [-0.2, 0) is 16.6 Å². The van der Waals surface area contributed by atoms with Gasteiger partial charge in [-0.3, -0.25) is 4.79 Å². The number of rotatable bonds is 2. The normalized spacial score (nSPS) is 45.2. The van der Waals surface area contributed by atoms with Gasteiger partial charge in [0.25, 0.3) is 0 Å². The van der Waals surface area contributed by atoms with E-state index in [0.717, 1.165) is 47.5 Å². The first-order chi connectivity index (χ1) is 12.4. The summed E-state index contributed by atoms with van der Waals surface area (Å²) < 4.78 is 6.98. The quantitative estimate of drug-likeness (QED) is 0.791. The molecule has 2 aliphatic heterocycles. The number of phenolic OH excluding ortho intramolecular Hbond substituents is 1. The second-order valence-electron chi connectivity index (χ2n) is 9.61. The van der Waals surface area contributed by atoms with Gasteiger partial charge in [-0.05, 0) is 30.9 Å². The molecule has 2 bridgehead atoms. The topological polar surface area (TPSA) is 66.8 Å². The van der Waals surface area contributed by atoms with Gasteiger partial charge in [-0.25, -0.2) is 0 Å². The van der Waals surface area contributed by atoms with Crippen molar-refractivity contribution in [2.75, 3.05) is 20.1 Å². The minimum absolute atomic E-state index is 0.0789. The van der Waals surface area contributed by atoms with Gasteiger partial charge in [0.1, 0.15) is 11.6 Å². The van der Waals surface area contributed by atoms with Crippen LogP contribution in [0.25, 0.3) is 0 Å². The highest BCUT2D eigenvalue weighted by Gasteiger charge is 2.76. The number of hydrogen-bond acceptors (Lipinski definition) is 4. The molecule has 1 aromatic rings. The zero-order valence-electron chi connectivity index (χ0n) is 15.2. The molecule has 3 fully saturated rings. The van der Waals surface area contributed by atoms with Crippen LogP contribution in [0.1, 0.15) is 43.2 Å². The summed E-state index contributed by atoms with van der Waals surface area (Å²) in [4.78, 5) is 12.8. The number of Topliss-reactive ketones (excluding diaryl/α,β-unsaturated/α-hetero) is 1. The lowest BCUT2D eigenvalue weighted by Crippen LogP contribution is -2.80. The van der Waals surface area contributed by atoms with Crippen molar-refractivity contribution in [2.45, 2.75) is 61.7 Å². The van der Waals surface area contributed by atoms with Gasteiger partial charge >= 0.3 is 0 Å². The van der Waals surface area contributed by atoms with Crippen LogP contribution in [0.5, 0.6) is 11.5 Å². The molecular weight excluding hydrogens is 330 g/mol. The van der Waals surface area contributed by atoms with Crippen molar-refractivity contribution in [1.82, 2.24) is 0 Å². The Labute approximate surface area is 153 Å². The number of ketones is 1. The first-order valence-corrected chi connectivity index (χ1v) is 10.0. The molecular formula is C21H26NO4+. The third kappa shape index (κ3) is 1.55. The van der Waals surface area contributed by atoms with Crippen LogP contribution in [-0.4, -0.2) is 58.4 Å². The van der Waals surface area contributed by atoms with Crippen LogP contribution in [0.3, 0.4) is 0 Å². The number of likely N-dealkylation sites (N-methyl/N-ethyl adjacent to an activating group) is 1. The maximum absolute atomic E-state index is 12.8. The van der Waals surface area contributed by atoms with Crippen LogP contribution in [0.2, 0.25) is 0 Å². The van der Waals surface area contributed by atoms with Gasteiger partial charge in [0.05, 0.1) is 25.6 Å². The molecule has 1 aromatic carbocycles. The summed E-state index contributed by atoms with van der Waals surface area (Å²) in [5.74, 6) is 1.42. The van der Waals surface area contributed by atoms with E-state index in [2.05, 4.69) is 7.05 Å². The van der Waals surface area contributed by atoms with Crippen LogP contribution < -0.4 is 4.74 Å². The highest BCUT2D eigenvalue weighted by molar-refractivity contribution is 5.90. The van der Waals surface area contributed by atoms with Crippen molar-refractivity contribution in [2.24, 2.45) is 5.92 Å². The van der Waals surface area contributed by atoms with Crippen molar-refractivity contribution in [3.63, 3.8) is 0 Å². The number of aromatic hydroxyl groups is 1. The zero-order chi connectivity index (χ0) is 17.9. The number of carbonyl (C=O) groups excluding carboxylic acids is 1. The van der Waals surface area contributed by atoms with Crippen LogP contribution in [0, 0.1) is 5.92 Å². The van der Waals surface area contributed by atoms with Crippen molar-refractivity contribution in [3.8, 4) is 11.5 Å². The monoisotopic (exact) mass is 356 g/mol. The summed E-state index contributed by atoms with van der Waals surface area (Å²) in [6.07, 6.45) is 4.42. The first kappa shape index (κ1) is 15.5. The Morgan fingerprint density at radius 1 is 1.31 bits per heavy atom. The van der Waals surface area contributed by atoms with Crippen LogP contribution >= 0.6 is 0 Å². The molecule has 2 saturated carbocycles. The Kier molecular flexibility index (Phi) is 2.65. The molecule has 26 heavy (non-hydrogen) atoms. The van der Waals surface area contributed by atoms with Gasteiger partial charge in [0.2, 0.25) is 0 Å². The minimum Gasteiger partial charge on any atom is -0.504 e. The highest BCUT2D eigenvalue weighted by Crippen LogP contribution is 2.65. The standard InChI is InChI=1S/C21H25NO4/c1-22(11-12-2-3-12)9-8-20-17-13-4-5-14(23)18(17)26-19(20)15(24)6-7-21(20,25)16(22)10-13/h4-5,12,16,19,25H,2-3,6-11H2,1H3/p+1/t16?,19-,20-,21+,22?/m1/s1. The third-order valence-corrected chi connectivity index (χ3v) is 8.28. The Hall–Kier alpha value is -1.59.